The molecule has 2 aromatic rings. The van der Waals surface area contributed by atoms with E-state index in [1.165, 1.54) is 57.8 Å². The molecule has 0 fully saturated rings. The van der Waals surface area contributed by atoms with Crippen molar-refractivity contribution in [2.24, 2.45) is 23.7 Å². The van der Waals surface area contributed by atoms with Gasteiger partial charge in [0.1, 0.15) is 11.5 Å². The molecule has 0 aromatic heterocycles. The Morgan fingerprint density at radius 1 is 0.606 bits per heavy atom. The Bertz CT molecular complexity index is 838. The van der Waals surface area contributed by atoms with Crippen molar-refractivity contribution in [2.75, 3.05) is 0 Å². The van der Waals surface area contributed by atoms with Gasteiger partial charge >= 0.3 is 0 Å². The number of rotatable bonds is 15. The van der Waals surface area contributed by atoms with E-state index in [-0.39, 0.29) is 0 Å². The van der Waals surface area contributed by atoms with Crippen LogP contribution in [0.5, 0.6) is 11.5 Å². The van der Waals surface area contributed by atoms with E-state index in [9.17, 15) is 10.2 Å². The quantitative estimate of drug-likeness (QED) is 0.263. The molecule has 0 unspecified atom stereocenters. The molecule has 186 valence electrons. The number of benzene rings is 2. The standard InChI is InChI=1S/C31H50O2/c1-22(2)12-9-13-23(3)14-10-15-24(4)16-11-17-25(5)20-21-27-26(6)30(32)28-18-7-8-19-29(28)31(27)33/h7-8,18-19,22-25,32-33H,9-17,20-21H2,1-6H3/t23-,24-,25+/m1/s1. The summed E-state index contributed by atoms with van der Waals surface area (Å²) in [6.45, 7) is 13.8. The second kappa shape index (κ2) is 13.9. The molecule has 0 aliphatic heterocycles. The molecule has 0 radical (unpaired) electrons. The molecule has 2 aromatic carbocycles. The van der Waals surface area contributed by atoms with Gasteiger partial charge in [-0.2, -0.15) is 0 Å². The number of aromatic hydroxyl groups is 2. The van der Waals surface area contributed by atoms with Gasteiger partial charge < -0.3 is 10.2 Å². The molecule has 2 heteroatoms. The smallest absolute Gasteiger partial charge is 0.127 e. The average Bonchev–Trinajstić information content (AvgIpc) is 2.77. The molecule has 0 bridgehead atoms. The third-order valence-corrected chi connectivity index (χ3v) is 7.68. The molecule has 0 saturated heterocycles. The van der Waals surface area contributed by atoms with E-state index < -0.39 is 0 Å². The molecule has 33 heavy (non-hydrogen) atoms. The molecule has 3 atom stereocenters. The normalized spacial score (nSPS) is 14.6. The first kappa shape index (κ1) is 27.5. The zero-order valence-corrected chi connectivity index (χ0v) is 22.3. The van der Waals surface area contributed by atoms with Gasteiger partial charge in [-0.25, -0.2) is 0 Å². The fourth-order valence-electron chi connectivity index (χ4n) is 5.21. The summed E-state index contributed by atoms with van der Waals surface area (Å²) in [5, 5.41) is 22.9. The molecule has 2 rings (SSSR count). The third kappa shape index (κ3) is 8.87. The highest BCUT2D eigenvalue weighted by Gasteiger charge is 2.16. The summed E-state index contributed by atoms with van der Waals surface area (Å²) in [7, 11) is 0. The van der Waals surface area contributed by atoms with Gasteiger partial charge in [0, 0.05) is 16.3 Å². The Kier molecular flexibility index (Phi) is 11.6. The number of phenols is 2. The van der Waals surface area contributed by atoms with Crippen molar-refractivity contribution < 1.29 is 10.2 Å². The van der Waals surface area contributed by atoms with Crippen molar-refractivity contribution in [2.45, 2.75) is 112 Å². The lowest BCUT2D eigenvalue weighted by atomic mass is 9.89. The topological polar surface area (TPSA) is 40.5 Å². The lowest BCUT2D eigenvalue weighted by Gasteiger charge is -2.18. The zero-order chi connectivity index (χ0) is 24.4. The van der Waals surface area contributed by atoms with Gasteiger partial charge in [0.15, 0.2) is 0 Å². The van der Waals surface area contributed by atoms with E-state index in [1.54, 1.807) is 0 Å². The second-order valence-electron chi connectivity index (χ2n) is 11.4. The first-order chi connectivity index (χ1) is 15.7. The van der Waals surface area contributed by atoms with E-state index in [4.69, 9.17) is 0 Å². The summed E-state index contributed by atoms with van der Waals surface area (Å²) in [5.41, 5.74) is 1.74. The highest BCUT2D eigenvalue weighted by molar-refractivity contribution is 5.95. The second-order valence-corrected chi connectivity index (χ2v) is 11.4. The van der Waals surface area contributed by atoms with Crippen LogP contribution in [0.1, 0.15) is 110 Å². The van der Waals surface area contributed by atoms with Gasteiger partial charge in [0.25, 0.3) is 0 Å². The lowest BCUT2D eigenvalue weighted by molar-refractivity contribution is 0.374. The van der Waals surface area contributed by atoms with Crippen LogP contribution in [0.15, 0.2) is 24.3 Å². The number of hydrogen-bond donors (Lipinski definition) is 2. The van der Waals surface area contributed by atoms with Crippen molar-refractivity contribution in [3.63, 3.8) is 0 Å². The van der Waals surface area contributed by atoms with Crippen molar-refractivity contribution in [3.8, 4) is 11.5 Å². The molecule has 2 N–H and O–H groups in total. The van der Waals surface area contributed by atoms with Crippen LogP contribution in [0.25, 0.3) is 10.8 Å². The maximum atomic E-state index is 10.8. The summed E-state index contributed by atoms with van der Waals surface area (Å²) >= 11 is 0. The van der Waals surface area contributed by atoms with Crippen LogP contribution in [0.4, 0.5) is 0 Å². The molecule has 0 spiro atoms. The molecule has 0 amide bonds. The van der Waals surface area contributed by atoms with Gasteiger partial charge in [-0.3, -0.25) is 0 Å². The highest BCUT2D eigenvalue weighted by atomic mass is 16.3. The first-order valence-electron chi connectivity index (χ1n) is 13.6. The summed E-state index contributed by atoms with van der Waals surface area (Å²) in [6.07, 6.45) is 14.0. The van der Waals surface area contributed by atoms with Crippen LogP contribution in [0.3, 0.4) is 0 Å². The molecule has 0 aliphatic rings. The predicted octanol–water partition coefficient (Wildman–Crippen LogP) is 9.57. The van der Waals surface area contributed by atoms with Gasteiger partial charge in [0.2, 0.25) is 0 Å². The summed E-state index contributed by atoms with van der Waals surface area (Å²) in [5.74, 6) is 3.84. The Balaban J connectivity index is 1.68. The summed E-state index contributed by atoms with van der Waals surface area (Å²) in [4.78, 5) is 0. The number of phenolic OH excluding ortho intramolecular Hbond substituents is 2. The monoisotopic (exact) mass is 454 g/mol. The Hall–Kier alpha value is -1.70. The predicted molar refractivity (Wildman–Crippen MR) is 144 cm³/mol. The molecule has 0 aliphatic carbocycles. The van der Waals surface area contributed by atoms with Crippen LogP contribution in [-0.2, 0) is 6.42 Å². The molecule has 2 nitrogen and oxygen atoms in total. The molecule has 0 heterocycles. The Morgan fingerprint density at radius 3 is 1.52 bits per heavy atom. The highest BCUT2D eigenvalue weighted by Crippen LogP contribution is 2.40. The molecule has 0 saturated carbocycles. The van der Waals surface area contributed by atoms with Crippen LogP contribution in [-0.4, -0.2) is 10.2 Å². The van der Waals surface area contributed by atoms with Crippen molar-refractivity contribution in [3.05, 3.63) is 35.4 Å². The van der Waals surface area contributed by atoms with E-state index in [0.717, 1.165) is 52.5 Å². The van der Waals surface area contributed by atoms with Crippen LogP contribution >= 0.6 is 0 Å². The van der Waals surface area contributed by atoms with Crippen molar-refractivity contribution >= 4 is 10.8 Å². The van der Waals surface area contributed by atoms with E-state index in [0.29, 0.717) is 17.4 Å². The van der Waals surface area contributed by atoms with Gasteiger partial charge in [-0.05, 0) is 49.0 Å². The van der Waals surface area contributed by atoms with Gasteiger partial charge in [-0.1, -0.05) is 117 Å². The maximum absolute atomic E-state index is 10.8. The molecular weight excluding hydrogens is 404 g/mol. The lowest BCUT2D eigenvalue weighted by Crippen LogP contribution is -2.03. The largest absolute Gasteiger partial charge is 0.507 e. The minimum atomic E-state index is 0.314. The Morgan fingerprint density at radius 2 is 1.03 bits per heavy atom. The van der Waals surface area contributed by atoms with Gasteiger partial charge in [-0.15, -0.1) is 0 Å². The van der Waals surface area contributed by atoms with Crippen LogP contribution in [0.2, 0.25) is 0 Å². The zero-order valence-electron chi connectivity index (χ0n) is 22.3. The number of hydrogen-bond acceptors (Lipinski definition) is 2. The Labute approximate surface area is 203 Å². The van der Waals surface area contributed by atoms with Crippen molar-refractivity contribution in [1.29, 1.82) is 0 Å². The minimum absolute atomic E-state index is 0.314. The van der Waals surface area contributed by atoms with Crippen LogP contribution in [0, 0.1) is 30.6 Å². The fourth-order valence-corrected chi connectivity index (χ4v) is 5.21. The maximum Gasteiger partial charge on any atom is 0.127 e. The first-order valence-corrected chi connectivity index (χ1v) is 13.6. The van der Waals surface area contributed by atoms with E-state index >= 15 is 0 Å². The molecular formula is C31H50O2. The summed E-state index contributed by atoms with van der Waals surface area (Å²) < 4.78 is 0. The summed E-state index contributed by atoms with van der Waals surface area (Å²) in [6, 6.07) is 7.58. The van der Waals surface area contributed by atoms with E-state index in [2.05, 4.69) is 34.6 Å². The third-order valence-electron chi connectivity index (χ3n) is 7.68. The minimum Gasteiger partial charge on any atom is -0.507 e. The fraction of sp³-hybridized carbons (Fsp3) is 0.677. The average molecular weight is 455 g/mol. The van der Waals surface area contributed by atoms with Gasteiger partial charge in [0.05, 0.1) is 0 Å². The van der Waals surface area contributed by atoms with Crippen molar-refractivity contribution in [1.82, 2.24) is 0 Å². The number of fused-ring (bicyclic) bond motifs is 1. The van der Waals surface area contributed by atoms with Crippen LogP contribution < -0.4 is 0 Å². The van der Waals surface area contributed by atoms with E-state index in [1.807, 2.05) is 31.2 Å². The SMILES string of the molecule is Cc1c(CC[C@@H](C)CCC[C@H](C)CCC[C@H](C)CCCC(C)C)c(O)c2ccccc2c1O.